The van der Waals surface area contributed by atoms with E-state index in [1.807, 2.05) is 17.0 Å². The number of hydrogen-bond donors (Lipinski definition) is 0. The molecule has 1 aromatic heterocycles. The van der Waals surface area contributed by atoms with Crippen molar-refractivity contribution in [2.45, 2.75) is 18.9 Å². The summed E-state index contributed by atoms with van der Waals surface area (Å²) >= 11 is 1.47. The standard InChI is InChI=1S/C20H23FN2O2S/c21-16-5-3-15(4-6-16)18-7-8-19(26-18)20(24)23-11-9-22(10-12-23)14-17-2-1-13-25-17/h3-8,17H,1-2,9-14H2. The van der Waals surface area contributed by atoms with Gasteiger partial charge in [0.2, 0.25) is 0 Å². The van der Waals surface area contributed by atoms with Crippen LogP contribution in [0.2, 0.25) is 0 Å². The summed E-state index contributed by atoms with van der Waals surface area (Å²) in [4.78, 5) is 18.9. The monoisotopic (exact) mass is 374 g/mol. The van der Waals surface area contributed by atoms with Crippen molar-refractivity contribution in [3.8, 4) is 10.4 Å². The predicted molar refractivity (Wildman–Crippen MR) is 101 cm³/mol. The van der Waals surface area contributed by atoms with Crippen molar-refractivity contribution in [1.29, 1.82) is 0 Å². The number of thiophene rings is 1. The van der Waals surface area contributed by atoms with Crippen LogP contribution in [0.4, 0.5) is 4.39 Å². The molecule has 2 aromatic rings. The molecule has 0 saturated carbocycles. The first-order valence-corrected chi connectivity index (χ1v) is 10.00. The molecule has 2 saturated heterocycles. The SMILES string of the molecule is O=C(c1ccc(-c2ccc(F)cc2)s1)N1CCN(CC2CCCO2)CC1. The third kappa shape index (κ3) is 3.98. The fourth-order valence-corrected chi connectivity index (χ4v) is 4.57. The van der Waals surface area contributed by atoms with Crippen LogP contribution in [0, 0.1) is 5.82 Å². The second-order valence-electron chi connectivity index (χ2n) is 6.90. The third-order valence-corrected chi connectivity index (χ3v) is 6.21. The van der Waals surface area contributed by atoms with Crippen molar-refractivity contribution in [2.75, 3.05) is 39.3 Å². The van der Waals surface area contributed by atoms with Gasteiger partial charge in [-0.2, -0.15) is 0 Å². The molecule has 1 aromatic carbocycles. The second-order valence-corrected chi connectivity index (χ2v) is 7.98. The van der Waals surface area contributed by atoms with E-state index in [1.165, 1.54) is 23.5 Å². The van der Waals surface area contributed by atoms with E-state index in [-0.39, 0.29) is 11.7 Å². The summed E-state index contributed by atoms with van der Waals surface area (Å²) in [6.45, 7) is 5.20. The lowest BCUT2D eigenvalue weighted by molar-refractivity contribution is 0.0435. The maximum Gasteiger partial charge on any atom is 0.264 e. The molecule has 2 aliphatic rings. The molecule has 2 fully saturated rings. The summed E-state index contributed by atoms with van der Waals surface area (Å²) < 4.78 is 18.8. The fraction of sp³-hybridized carbons (Fsp3) is 0.450. The van der Waals surface area contributed by atoms with Crippen LogP contribution in [-0.4, -0.2) is 61.1 Å². The van der Waals surface area contributed by atoms with Crippen LogP contribution >= 0.6 is 11.3 Å². The Morgan fingerprint density at radius 3 is 2.58 bits per heavy atom. The van der Waals surface area contributed by atoms with Gasteiger partial charge in [0, 0.05) is 44.2 Å². The summed E-state index contributed by atoms with van der Waals surface area (Å²) in [5.74, 6) is -0.150. The number of halogens is 1. The lowest BCUT2D eigenvalue weighted by Gasteiger charge is -2.35. The van der Waals surface area contributed by atoms with Gasteiger partial charge in [-0.25, -0.2) is 4.39 Å². The fourth-order valence-electron chi connectivity index (χ4n) is 3.59. The average Bonchev–Trinajstić information content (AvgIpc) is 3.34. The quantitative estimate of drug-likeness (QED) is 0.821. The summed E-state index contributed by atoms with van der Waals surface area (Å²) in [6, 6.07) is 10.2. The van der Waals surface area contributed by atoms with Crippen molar-refractivity contribution in [3.05, 3.63) is 47.1 Å². The smallest absolute Gasteiger partial charge is 0.264 e. The normalized spacial score (nSPS) is 21.3. The van der Waals surface area contributed by atoms with Gasteiger partial charge in [-0.1, -0.05) is 12.1 Å². The molecule has 1 amide bonds. The number of amides is 1. The van der Waals surface area contributed by atoms with Crippen LogP contribution in [0.5, 0.6) is 0 Å². The summed E-state index contributed by atoms with van der Waals surface area (Å²) in [7, 11) is 0. The Bertz CT molecular complexity index is 747. The number of hydrogen-bond acceptors (Lipinski definition) is 4. The second kappa shape index (κ2) is 7.86. The molecule has 2 aliphatic heterocycles. The zero-order valence-electron chi connectivity index (χ0n) is 14.7. The van der Waals surface area contributed by atoms with E-state index in [0.29, 0.717) is 6.10 Å². The van der Waals surface area contributed by atoms with E-state index in [9.17, 15) is 9.18 Å². The van der Waals surface area contributed by atoms with Crippen LogP contribution in [0.25, 0.3) is 10.4 Å². The highest BCUT2D eigenvalue weighted by molar-refractivity contribution is 7.17. The van der Waals surface area contributed by atoms with E-state index in [2.05, 4.69) is 4.90 Å². The lowest BCUT2D eigenvalue weighted by atomic mass is 10.2. The first-order valence-electron chi connectivity index (χ1n) is 9.18. The molecule has 0 N–H and O–H groups in total. The Labute approximate surface area is 157 Å². The zero-order chi connectivity index (χ0) is 17.9. The van der Waals surface area contributed by atoms with Crippen LogP contribution in [-0.2, 0) is 4.74 Å². The van der Waals surface area contributed by atoms with Gasteiger partial charge in [0.25, 0.3) is 5.91 Å². The van der Waals surface area contributed by atoms with Crippen LogP contribution in [0.15, 0.2) is 36.4 Å². The lowest BCUT2D eigenvalue weighted by Crippen LogP contribution is -2.50. The van der Waals surface area contributed by atoms with Gasteiger partial charge in [-0.05, 0) is 42.7 Å². The topological polar surface area (TPSA) is 32.8 Å². The van der Waals surface area contributed by atoms with Crippen LogP contribution < -0.4 is 0 Å². The molecule has 26 heavy (non-hydrogen) atoms. The molecule has 1 unspecified atom stereocenters. The van der Waals surface area contributed by atoms with Gasteiger partial charge in [-0.3, -0.25) is 9.69 Å². The molecule has 0 spiro atoms. The number of rotatable bonds is 4. The van der Waals surface area contributed by atoms with Gasteiger partial charge in [-0.15, -0.1) is 11.3 Å². The molecule has 1 atom stereocenters. The van der Waals surface area contributed by atoms with E-state index in [4.69, 9.17) is 4.74 Å². The highest BCUT2D eigenvalue weighted by atomic mass is 32.1. The first-order chi connectivity index (χ1) is 12.7. The number of ether oxygens (including phenoxy) is 1. The molecule has 0 aliphatic carbocycles. The molecule has 0 bridgehead atoms. The Kier molecular flexibility index (Phi) is 5.33. The Morgan fingerprint density at radius 2 is 1.88 bits per heavy atom. The Balaban J connectivity index is 1.34. The summed E-state index contributed by atoms with van der Waals surface area (Å²) in [5.41, 5.74) is 0.942. The largest absolute Gasteiger partial charge is 0.377 e. The van der Waals surface area contributed by atoms with Gasteiger partial charge in [0.15, 0.2) is 0 Å². The summed E-state index contributed by atoms with van der Waals surface area (Å²) in [5, 5.41) is 0. The Morgan fingerprint density at radius 1 is 1.12 bits per heavy atom. The molecule has 4 nitrogen and oxygen atoms in total. The van der Waals surface area contributed by atoms with Crippen molar-refractivity contribution < 1.29 is 13.9 Å². The molecule has 4 rings (SSSR count). The molecule has 138 valence electrons. The Hall–Kier alpha value is -1.76. The van der Waals surface area contributed by atoms with Gasteiger partial charge in [0.05, 0.1) is 11.0 Å². The van der Waals surface area contributed by atoms with Crippen molar-refractivity contribution in [3.63, 3.8) is 0 Å². The van der Waals surface area contributed by atoms with Gasteiger partial charge in [0.1, 0.15) is 5.82 Å². The maximum absolute atomic E-state index is 13.1. The molecule has 6 heteroatoms. The zero-order valence-corrected chi connectivity index (χ0v) is 15.5. The van der Waals surface area contributed by atoms with Crippen LogP contribution in [0.3, 0.4) is 0 Å². The van der Waals surface area contributed by atoms with E-state index < -0.39 is 0 Å². The van der Waals surface area contributed by atoms with Gasteiger partial charge >= 0.3 is 0 Å². The third-order valence-electron chi connectivity index (χ3n) is 5.09. The van der Waals surface area contributed by atoms with E-state index in [0.717, 1.165) is 67.5 Å². The molecule has 3 heterocycles. The minimum atomic E-state index is -0.248. The number of benzene rings is 1. The minimum Gasteiger partial charge on any atom is -0.377 e. The number of carbonyl (C=O) groups excluding carboxylic acids is 1. The molecular weight excluding hydrogens is 351 g/mol. The van der Waals surface area contributed by atoms with Crippen molar-refractivity contribution in [1.82, 2.24) is 9.80 Å². The highest BCUT2D eigenvalue weighted by Gasteiger charge is 2.26. The first kappa shape index (κ1) is 17.6. The maximum atomic E-state index is 13.1. The van der Waals surface area contributed by atoms with Crippen LogP contribution in [0.1, 0.15) is 22.5 Å². The molecular formula is C20H23FN2O2S. The van der Waals surface area contributed by atoms with Crippen molar-refractivity contribution >= 4 is 17.2 Å². The average molecular weight is 374 g/mol. The molecule has 0 radical (unpaired) electrons. The van der Waals surface area contributed by atoms with E-state index in [1.54, 1.807) is 12.1 Å². The number of nitrogens with zero attached hydrogens (tertiary/aromatic N) is 2. The van der Waals surface area contributed by atoms with Crippen molar-refractivity contribution in [2.24, 2.45) is 0 Å². The minimum absolute atomic E-state index is 0.0973. The number of carbonyl (C=O) groups is 1. The predicted octanol–water partition coefficient (Wildman–Crippen LogP) is 3.49. The van der Waals surface area contributed by atoms with Gasteiger partial charge < -0.3 is 9.64 Å². The highest BCUT2D eigenvalue weighted by Crippen LogP contribution is 2.29. The number of piperazine rings is 1. The van der Waals surface area contributed by atoms with E-state index >= 15 is 0 Å². The summed E-state index contributed by atoms with van der Waals surface area (Å²) in [6.07, 6.45) is 2.69.